The van der Waals surface area contributed by atoms with Gasteiger partial charge in [0.1, 0.15) is 12.2 Å². The van der Waals surface area contributed by atoms with Crippen LogP contribution < -0.4 is 17.2 Å². The van der Waals surface area contributed by atoms with E-state index in [-0.39, 0.29) is 46.6 Å². The topological polar surface area (TPSA) is 288 Å². The molecule has 0 amide bonds. The smallest absolute Gasteiger partial charge is 0.294 e. The van der Waals surface area contributed by atoms with E-state index in [1.807, 2.05) is 0 Å². The summed E-state index contributed by atoms with van der Waals surface area (Å²) in [5.41, 5.74) is 21.5. The maximum absolute atomic E-state index is 10.6. The third-order valence-corrected chi connectivity index (χ3v) is 19.8. The first-order valence-electron chi connectivity index (χ1n) is 27.6. The Bertz CT molecular complexity index is 1890. The fourth-order valence-corrected chi connectivity index (χ4v) is 20.8. The molecule has 19 nitrogen and oxygen atoms in total. The number of nitrogens with zero attached hydrogens (tertiary/aromatic N) is 4. The lowest BCUT2D eigenvalue weighted by Crippen LogP contribution is -2.64. The van der Waals surface area contributed by atoms with Crippen LogP contribution in [0.25, 0.3) is 0 Å². The summed E-state index contributed by atoms with van der Waals surface area (Å²) in [5, 5.41) is 39.3. The highest BCUT2D eigenvalue weighted by molar-refractivity contribution is 5.18. The Hall–Kier alpha value is -3.32. The van der Waals surface area contributed by atoms with Crippen LogP contribution in [0.3, 0.4) is 0 Å². The van der Waals surface area contributed by atoms with Gasteiger partial charge in [0, 0.05) is 16.6 Å². The maximum Gasteiger partial charge on any atom is 0.294 e. The number of rotatable bonds is 24. The molecule has 0 radical (unpaired) electrons. The molecule has 0 aromatic rings. The first-order valence-corrected chi connectivity index (χ1v) is 27.6. The zero-order valence-electron chi connectivity index (χ0n) is 44.2. The van der Waals surface area contributed by atoms with E-state index in [1.54, 1.807) is 13.8 Å². The fraction of sp³-hybridized carbons (Fsp3) is 1.00. The van der Waals surface area contributed by atoms with Gasteiger partial charge in [-0.25, -0.2) is 0 Å². The van der Waals surface area contributed by atoms with E-state index in [2.05, 4.69) is 37.4 Å². The Kier molecular flexibility index (Phi) is 16.2. The first kappa shape index (κ1) is 55.4. The minimum atomic E-state index is -0.730. The van der Waals surface area contributed by atoms with Gasteiger partial charge in [0.05, 0.1) is 13.2 Å². The van der Waals surface area contributed by atoms with Crippen molar-refractivity contribution in [3.8, 4) is 0 Å². The van der Waals surface area contributed by atoms with Crippen molar-refractivity contribution in [1.82, 2.24) is 0 Å². The summed E-state index contributed by atoms with van der Waals surface area (Å²) in [7, 11) is 0. The van der Waals surface area contributed by atoms with Gasteiger partial charge in [-0.15, -0.1) is 40.5 Å². The Labute approximate surface area is 421 Å². The number of hydrogen-bond acceptors (Lipinski definition) is 15. The first-order chi connectivity index (χ1) is 33.1. The minimum absolute atomic E-state index is 0.0105. The molecule has 14 atom stereocenters. The van der Waals surface area contributed by atoms with Gasteiger partial charge >= 0.3 is 0 Å². The predicted octanol–water partition coefficient (Wildman–Crippen LogP) is 10.8. The molecule has 0 aliphatic heterocycles. The van der Waals surface area contributed by atoms with Gasteiger partial charge in [0.25, 0.3) is 20.3 Å². The van der Waals surface area contributed by atoms with Gasteiger partial charge in [-0.2, -0.15) is 0 Å². The van der Waals surface area contributed by atoms with Crippen LogP contribution in [-0.2, 0) is 19.4 Å². The second kappa shape index (κ2) is 20.8. The summed E-state index contributed by atoms with van der Waals surface area (Å²) in [5.74, 6) is 3.01. The summed E-state index contributed by atoms with van der Waals surface area (Å²) in [6, 6.07) is 0. The summed E-state index contributed by atoms with van der Waals surface area (Å²) < 4.78 is 0. The minimum Gasteiger partial charge on any atom is -0.325 e. The van der Waals surface area contributed by atoms with E-state index in [1.165, 1.54) is 96.3 Å². The van der Waals surface area contributed by atoms with Gasteiger partial charge in [-0.1, -0.05) is 47.0 Å². The molecule has 12 saturated carbocycles. The molecule has 12 bridgehead atoms. The molecule has 0 spiro atoms. The Morgan fingerprint density at radius 3 is 1.18 bits per heavy atom. The van der Waals surface area contributed by atoms with Crippen LogP contribution in [0.15, 0.2) is 0 Å². The standard InChI is InChI=1S/C19H34N2O3.C17H30N2O3.C16H27N3O6/c1-4-14(2)5-17-7-16-8-18(11-17,13-19(20,9-16)12-17)6-15(3)10-24-21(22)23;1-2-3-5-15-8-14-9-16(11-15,6-4-7-22-19(20)21)13-17(18,10-14)12-15;1-11(24-18(20)21)3-14-5-13-6-15(8-14,4-12(2)25-19(22)23)10-16(17,7-13)9-14/h14-16H,4-13,20H2,1-3H3;14H,2-13,18H2,1H3;11-13H,3-10,17H2,1-2H3. The van der Waals surface area contributed by atoms with Crippen LogP contribution in [0, 0.1) is 103 Å². The molecular weight excluding hydrogens is 915 g/mol. The molecule has 0 aromatic carbocycles. The van der Waals surface area contributed by atoms with Gasteiger partial charge in [0.15, 0.2) is 0 Å². The zero-order valence-corrected chi connectivity index (χ0v) is 44.2. The zero-order chi connectivity index (χ0) is 51.9. The van der Waals surface area contributed by atoms with Crippen molar-refractivity contribution in [3.63, 3.8) is 0 Å². The predicted molar refractivity (Wildman–Crippen MR) is 266 cm³/mol. The Morgan fingerprint density at radius 1 is 0.465 bits per heavy atom. The van der Waals surface area contributed by atoms with Crippen molar-refractivity contribution in [2.24, 2.45) is 79.3 Å². The quantitative estimate of drug-likeness (QED) is 0.0460. The van der Waals surface area contributed by atoms with Crippen molar-refractivity contribution in [2.45, 2.75) is 250 Å². The lowest BCUT2D eigenvalue weighted by atomic mass is 9.40. The fourth-order valence-electron chi connectivity index (χ4n) is 20.8. The van der Waals surface area contributed by atoms with Crippen LogP contribution >= 0.6 is 0 Å². The van der Waals surface area contributed by atoms with Crippen LogP contribution in [0.4, 0.5) is 0 Å². The third kappa shape index (κ3) is 13.5. The van der Waals surface area contributed by atoms with Gasteiger partial charge < -0.3 is 36.6 Å². The van der Waals surface area contributed by atoms with Crippen molar-refractivity contribution in [3.05, 3.63) is 40.5 Å². The molecule has 6 N–H and O–H groups in total. The molecule has 71 heavy (non-hydrogen) atoms. The Morgan fingerprint density at radius 2 is 0.817 bits per heavy atom. The van der Waals surface area contributed by atoms with E-state index < -0.39 is 32.6 Å². The van der Waals surface area contributed by atoms with Crippen LogP contribution in [0.5, 0.6) is 0 Å². The molecule has 12 rings (SSSR count). The normalized spacial score (nSPS) is 42.1. The molecule has 19 heteroatoms. The van der Waals surface area contributed by atoms with Crippen molar-refractivity contribution in [2.75, 3.05) is 13.2 Å². The molecule has 0 saturated heterocycles. The third-order valence-electron chi connectivity index (χ3n) is 19.8. The molecule has 12 fully saturated rings. The molecule has 14 unspecified atom stereocenters. The second-order valence-electron chi connectivity index (χ2n) is 27.6. The van der Waals surface area contributed by atoms with Gasteiger partial charge in [-0.05, 0) is 236 Å². The van der Waals surface area contributed by atoms with E-state index in [9.17, 15) is 40.5 Å². The summed E-state index contributed by atoms with van der Waals surface area (Å²) >= 11 is 0. The summed E-state index contributed by atoms with van der Waals surface area (Å²) in [6.45, 7) is 12.9. The van der Waals surface area contributed by atoms with Crippen molar-refractivity contribution < 1.29 is 39.7 Å². The number of unbranched alkanes of at least 4 members (excludes halogenated alkanes) is 1. The van der Waals surface area contributed by atoms with Crippen LogP contribution in [0.2, 0.25) is 0 Å². The lowest BCUT2D eigenvalue weighted by Gasteiger charge is -2.67. The lowest BCUT2D eigenvalue weighted by molar-refractivity contribution is -0.768. The van der Waals surface area contributed by atoms with E-state index in [0.29, 0.717) is 40.4 Å². The van der Waals surface area contributed by atoms with Gasteiger partial charge in [0.2, 0.25) is 0 Å². The van der Waals surface area contributed by atoms with E-state index >= 15 is 0 Å². The van der Waals surface area contributed by atoms with Gasteiger partial charge in [-0.3, -0.25) is 0 Å². The number of nitrogens with two attached hydrogens (primary N) is 3. The van der Waals surface area contributed by atoms with Crippen LogP contribution in [-0.4, -0.2) is 62.4 Å². The molecule has 0 aromatic heterocycles. The van der Waals surface area contributed by atoms with Crippen LogP contribution in [0.1, 0.15) is 221 Å². The molecule has 12 aliphatic carbocycles. The average Bonchev–Trinajstić information content (AvgIpc) is 3.17. The second-order valence-corrected chi connectivity index (χ2v) is 27.6. The summed E-state index contributed by atoms with van der Waals surface area (Å²) in [4.78, 5) is 60.8. The SMILES string of the molecule is CC(CC12CC3CC(N)(C1)CC(CC(C)O[N+](=O)[O-])(C3)C2)O[N+](=O)[O-].CCC(C)CC12CC3CC(N)(C1)CC(CC(C)CO[N+](=O)[O-])(C3)C2.CCCCC12CC3CC(N)(C1)CC(CCCO[N+](=O)[O-])(C3)C2. The number of hydrogen-bond donors (Lipinski definition) is 3. The Balaban J connectivity index is 0.000000157. The van der Waals surface area contributed by atoms with E-state index in [0.717, 1.165) is 88.4 Å². The van der Waals surface area contributed by atoms with Crippen molar-refractivity contribution >= 4 is 0 Å². The average molecular weight is 1010 g/mol. The molecular formula is C52H91N7O12. The molecule has 406 valence electrons. The highest BCUT2D eigenvalue weighted by Gasteiger charge is 2.64. The summed E-state index contributed by atoms with van der Waals surface area (Å²) in [6.07, 6.45) is 30.1. The maximum atomic E-state index is 10.6. The molecule has 0 heterocycles. The highest BCUT2D eigenvalue weighted by Crippen LogP contribution is 2.71. The molecule has 12 aliphatic rings. The van der Waals surface area contributed by atoms with E-state index in [4.69, 9.17) is 26.9 Å². The van der Waals surface area contributed by atoms with Crippen molar-refractivity contribution in [1.29, 1.82) is 0 Å². The largest absolute Gasteiger partial charge is 0.325 e. The highest BCUT2D eigenvalue weighted by atomic mass is 17.0. The monoisotopic (exact) mass is 1010 g/mol.